The van der Waals surface area contributed by atoms with E-state index in [0.717, 1.165) is 60.8 Å². The Morgan fingerprint density at radius 1 is 1.10 bits per heavy atom. The number of rotatable bonds is 8. The molecule has 3 N–H and O–H groups in total. The van der Waals surface area contributed by atoms with E-state index in [0.29, 0.717) is 38.9 Å². The normalized spacial score (nSPS) is 25.7. The van der Waals surface area contributed by atoms with Gasteiger partial charge >= 0.3 is 0 Å². The van der Waals surface area contributed by atoms with Crippen molar-refractivity contribution in [1.29, 1.82) is 5.41 Å². The van der Waals surface area contributed by atoms with Crippen molar-refractivity contribution in [2.75, 3.05) is 56.0 Å². The summed E-state index contributed by atoms with van der Waals surface area (Å²) >= 11 is 0. The Bertz CT molecular complexity index is 1470. The zero-order valence-electron chi connectivity index (χ0n) is 23.8. The fourth-order valence-corrected chi connectivity index (χ4v) is 8.34. The molecular formula is C31H39FN6O3S. The van der Waals surface area contributed by atoms with Crippen LogP contribution in [0.1, 0.15) is 38.5 Å². The number of fused-ring (bicyclic) bond motifs is 1. The highest BCUT2D eigenvalue weighted by atomic mass is 32.2. The molecule has 224 valence electrons. The lowest BCUT2D eigenvalue weighted by atomic mass is 9.68. The molecule has 6 rings (SSSR count). The molecule has 42 heavy (non-hydrogen) atoms. The highest BCUT2D eigenvalue weighted by Crippen LogP contribution is 2.47. The van der Waals surface area contributed by atoms with Gasteiger partial charge in [0.15, 0.2) is 0 Å². The molecule has 3 saturated heterocycles. The van der Waals surface area contributed by atoms with Gasteiger partial charge in [-0.2, -0.15) is 4.31 Å². The molecule has 0 spiro atoms. The first-order valence-corrected chi connectivity index (χ1v) is 16.3. The molecule has 2 aromatic rings. The molecule has 1 aliphatic carbocycles. The van der Waals surface area contributed by atoms with E-state index in [9.17, 15) is 17.9 Å². The van der Waals surface area contributed by atoms with Crippen LogP contribution in [-0.4, -0.2) is 85.8 Å². The monoisotopic (exact) mass is 594 g/mol. The molecule has 0 amide bonds. The van der Waals surface area contributed by atoms with Crippen LogP contribution in [-0.2, 0) is 10.0 Å². The zero-order chi connectivity index (χ0) is 29.3. The van der Waals surface area contributed by atoms with Gasteiger partial charge in [-0.3, -0.25) is 4.90 Å². The molecule has 0 radical (unpaired) electrons. The van der Waals surface area contributed by atoms with Gasteiger partial charge in [0.05, 0.1) is 6.10 Å². The minimum atomic E-state index is -3.80. The zero-order valence-corrected chi connectivity index (χ0v) is 24.6. The van der Waals surface area contributed by atoms with E-state index in [4.69, 9.17) is 5.41 Å². The summed E-state index contributed by atoms with van der Waals surface area (Å²) in [6.45, 7) is 4.39. The van der Waals surface area contributed by atoms with Crippen LogP contribution in [0.25, 0.3) is 0 Å². The van der Waals surface area contributed by atoms with Crippen LogP contribution >= 0.6 is 0 Å². The van der Waals surface area contributed by atoms with Crippen molar-refractivity contribution in [2.24, 2.45) is 5.41 Å². The number of piperidine rings is 2. The van der Waals surface area contributed by atoms with Crippen molar-refractivity contribution in [2.45, 2.75) is 49.5 Å². The van der Waals surface area contributed by atoms with E-state index in [2.05, 4.69) is 26.2 Å². The largest absolute Gasteiger partial charge is 0.392 e. The molecule has 11 heteroatoms. The second kappa shape index (κ2) is 11.9. The number of hydrogen-bond donors (Lipinski definition) is 3. The average molecular weight is 595 g/mol. The summed E-state index contributed by atoms with van der Waals surface area (Å²) in [5.41, 5.74) is 2.84. The average Bonchev–Trinajstić information content (AvgIpc) is 3.42. The van der Waals surface area contributed by atoms with E-state index < -0.39 is 21.5 Å². The Morgan fingerprint density at radius 3 is 2.55 bits per heavy atom. The summed E-state index contributed by atoms with van der Waals surface area (Å²) in [5, 5.41) is 21.8. The maximum Gasteiger partial charge on any atom is 0.244 e. The van der Waals surface area contributed by atoms with Crippen LogP contribution in [0.2, 0.25) is 0 Å². The molecule has 1 aromatic carbocycles. The van der Waals surface area contributed by atoms with E-state index in [-0.39, 0.29) is 17.3 Å². The van der Waals surface area contributed by atoms with Crippen LogP contribution in [0, 0.1) is 16.6 Å². The van der Waals surface area contributed by atoms with Crippen LogP contribution in [0.4, 0.5) is 15.9 Å². The molecule has 4 heterocycles. The van der Waals surface area contributed by atoms with Gasteiger partial charge in [0.25, 0.3) is 0 Å². The van der Waals surface area contributed by atoms with Crippen molar-refractivity contribution in [3.05, 3.63) is 71.3 Å². The lowest BCUT2D eigenvalue weighted by Gasteiger charge is -2.48. The molecule has 4 aliphatic rings. The Morgan fingerprint density at radius 2 is 1.88 bits per heavy atom. The number of benzene rings is 1. The minimum absolute atomic E-state index is 0.194. The minimum Gasteiger partial charge on any atom is -0.392 e. The van der Waals surface area contributed by atoms with Gasteiger partial charge in [0, 0.05) is 75.0 Å². The fourth-order valence-electron chi connectivity index (χ4n) is 6.86. The van der Waals surface area contributed by atoms with E-state index in [1.807, 2.05) is 6.07 Å². The second-order valence-corrected chi connectivity index (χ2v) is 13.9. The van der Waals surface area contributed by atoms with Crippen molar-refractivity contribution >= 4 is 27.7 Å². The highest BCUT2D eigenvalue weighted by Gasteiger charge is 2.47. The summed E-state index contributed by atoms with van der Waals surface area (Å²) in [4.78, 5) is 9.15. The van der Waals surface area contributed by atoms with Crippen molar-refractivity contribution in [3.8, 4) is 0 Å². The third-order valence-electron chi connectivity index (χ3n) is 9.09. The Kier molecular flexibility index (Phi) is 8.19. The molecule has 1 aromatic heterocycles. The number of pyridine rings is 1. The second-order valence-electron chi connectivity index (χ2n) is 12.0. The molecule has 0 unspecified atom stereocenters. The summed E-state index contributed by atoms with van der Waals surface area (Å²) in [6.07, 6.45) is 9.66. The van der Waals surface area contributed by atoms with Crippen LogP contribution in [0.3, 0.4) is 0 Å². The molecule has 9 nitrogen and oxygen atoms in total. The topological polar surface area (TPSA) is 113 Å². The predicted molar refractivity (Wildman–Crippen MR) is 162 cm³/mol. The first-order chi connectivity index (χ1) is 20.3. The maximum absolute atomic E-state index is 14.0. The van der Waals surface area contributed by atoms with Crippen LogP contribution in [0.5, 0.6) is 0 Å². The molecule has 0 saturated carbocycles. The molecular weight excluding hydrogens is 555 g/mol. The number of sulfonamides is 1. The lowest BCUT2D eigenvalue weighted by Crippen LogP contribution is -2.53. The van der Waals surface area contributed by atoms with Gasteiger partial charge in [-0.15, -0.1) is 0 Å². The summed E-state index contributed by atoms with van der Waals surface area (Å²) in [5.74, 6) is 0.497. The van der Waals surface area contributed by atoms with Gasteiger partial charge in [-0.25, -0.2) is 17.8 Å². The van der Waals surface area contributed by atoms with E-state index in [1.165, 1.54) is 31.0 Å². The quantitative estimate of drug-likeness (QED) is 0.396. The van der Waals surface area contributed by atoms with Gasteiger partial charge in [0.2, 0.25) is 10.0 Å². The van der Waals surface area contributed by atoms with Gasteiger partial charge in [0.1, 0.15) is 16.5 Å². The summed E-state index contributed by atoms with van der Waals surface area (Å²) < 4.78 is 43.0. The van der Waals surface area contributed by atoms with Crippen LogP contribution < -0.4 is 10.2 Å². The number of β-amino-alcohol motifs (C(OH)–C–C–N with tert-alkyl or cyclic N) is 1. The number of anilines is 2. The Hall–Kier alpha value is -3.12. The van der Waals surface area contributed by atoms with Gasteiger partial charge in [-0.1, -0.05) is 5.57 Å². The van der Waals surface area contributed by atoms with Crippen molar-refractivity contribution in [3.63, 3.8) is 0 Å². The number of nitrogens with one attached hydrogen (secondary N) is 2. The number of aliphatic hydroxyl groups is 1. The molecule has 3 aliphatic heterocycles. The first-order valence-electron chi connectivity index (χ1n) is 14.8. The number of halogens is 1. The predicted octanol–water partition coefficient (Wildman–Crippen LogP) is 4.00. The van der Waals surface area contributed by atoms with Gasteiger partial charge in [-0.05, 0) is 86.6 Å². The Balaban J connectivity index is 1.28. The summed E-state index contributed by atoms with van der Waals surface area (Å²) in [7, 11) is -3.80. The maximum atomic E-state index is 14.0. The number of hydrogen-bond acceptors (Lipinski definition) is 8. The lowest BCUT2D eigenvalue weighted by molar-refractivity contribution is 0.126. The molecule has 3 fully saturated rings. The smallest absolute Gasteiger partial charge is 0.244 e. The van der Waals surface area contributed by atoms with E-state index in [1.54, 1.807) is 22.5 Å². The molecule has 0 bridgehead atoms. The summed E-state index contributed by atoms with van der Waals surface area (Å²) in [6, 6.07) is 9.60. The standard InChI is InChI=1S/C31H39FN6O3S/c32-25-4-6-26(7-5-25)35-29-16-24-10-15-38(22-31(24,17-23(29)18-33)21-36-14-11-27(39)20-36)42(40,41)28-8-9-30(34-19-28)37-12-2-1-3-13-37/h4-9,16,18-19,27,33,35,39H,1-3,10-15,17,20-22H2/t27-,31+/m1/s1. The van der Waals surface area contributed by atoms with Gasteiger partial charge < -0.3 is 20.7 Å². The Labute approximate surface area is 247 Å². The number of nitrogens with zero attached hydrogens (tertiary/aromatic N) is 4. The van der Waals surface area contributed by atoms with Crippen LogP contribution in [0.15, 0.2) is 70.4 Å². The number of aliphatic hydroxyl groups excluding tert-OH is 1. The van der Waals surface area contributed by atoms with Crippen molar-refractivity contribution in [1.82, 2.24) is 14.2 Å². The SMILES string of the molecule is N=CC1=C(Nc2ccc(F)cc2)C=C2CCN(S(=O)(=O)c3ccc(N4CCCCC4)nc3)C[C@@]2(CN2CC[C@@H](O)C2)C1. The van der Waals surface area contributed by atoms with E-state index >= 15 is 0 Å². The number of aromatic nitrogens is 1. The first kappa shape index (κ1) is 29.0. The van der Waals surface area contributed by atoms with Crippen molar-refractivity contribution < 1.29 is 17.9 Å². The molecule has 2 atom stereocenters. The number of allylic oxidation sites excluding steroid dienone is 2. The highest BCUT2D eigenvalue weighted by molar-refractivity contribution is 7.89. The third-order valence-corrected chi connectivity index (χ3v) is 10.9. The fraction of sp³-hybridized carbons (Fsp3) is 0.484. The third kappa shape index (κ3) is 5.88. The number of likely N-dealkylation sites (tertiary alicyclic amines) is 1.